The second-order valence-electron chi connectivity index (χ2n) is 5.46. The molecule has 21 heavy (non-hydrogen) atoms. The number of carboxylic acid groups (broad SMARTS) is 1. The van der Waals surface area contributed by atoms with Gasteiger partial charge >= 0.3 is 12.0 Å². The van der Waals surface area contributed by atoms with E-state index in [0.29, 0.717) is 12.1 Å². The first-order valence-electron chi connectivity index (χ1n) is 6.83. The normalized spacial score (nSPS) is 12.0. The molecule has 0 aliphatic carbocycles. The second kappa shape index (κ2) is 7.61. The zero-order chi connectivity index (χ0) is 16.0. The summed E-state index contributed by atoms with van der Waals surface area (Å²) in [4.78, 5) is 22.8. The molecule has 1 unspecified atom stereocenters. The number of urea groups is 1. The Balaban J connectivity index is 2.57. The van der Waals surface area contributed by atoms with Crippen LogP contribution in [0, 0.1) is 24.6 Å². The molecule has 0 aliphatic rings. The fourth-order valence-electron chi connectivity index (χ4n) is 1.95. The van der Waals surface area contributed by atoms with Gasteiger partial charge in [-0.1, -0.05) is 19.9 Å². The number of carbonyl (C=O) groups excluding carboxylic acids is 1. The Morgan fingerprint density at radius 1 is 1.33 bits per heavy atom. The van der Waals surface area contributed by atoms with Crippen molar-refractivity contribution >= 4 is 17.7 Å². The van der Waals surface area contributed by atoms with Gasteiger partial charge in [0.25, 0.3) is 0 Å². The number of hydrogen-bond acceptors (Lipinski definition) is 2. The van der Waals surface area contributed by atoms with Crippen LogP contribution in [0.4, 0.5) is 14.9 Å². The van der Waals surface area contributed by atoms with Gasteiger partial charge in [0.05, 0.1) is 5.92 Å². The molecule has 0 aliphatic heterocycles. The molecule has 1 aromatic rings. The topological polar surface area (TPSA) is 78.4 Å². The number of aryl methyl sites for hydroxylation is 1. The van der Waals surface area contributed by atoms with Crippen molar-refractivity contribution in [3.8, 4) is 0 Å². The van der Waals surface area contributed by atoms with E-state index in [1.54, 1.807) is 13.0 Å². The number of benzene rings is 1. The van der Waals surface area contributed by atoms with E-state index in [1.165, 1.54) is 12.1 Å². The summed E-state index contributed by atoms with van der Waals surface area (Å²) in [6, 6.07) is 3.54. The van der Waals surface area contributed by atoms with E-state index < -0.39 is 23.7 Å². The fourth-order valence-corrected chi connectivity index (χ4v) is 1.95. The first-order valence-corrected chi connectivity index (χ1v) is 6.83. The third-order valence-electron chi connectivity index (χ3n) is 3.06. The Hall–Kier alpha value is -2.11. The van der Waals surface area contributed by atoms with Crippen molar-refractivity contribution in [2.75, 3.05) is 11.9 Å². The number of hydrogen-bond donors (Lipinski definition) is 3. The van der Waals surface area contributed by atoms with Gasteiger partial charge in [0.15, 0.2) is 0 Å². The minimum atomic E-state index is -0.939. The van der Waals surface area contributed by atoms with Gasteiger partial charge in [0.2, 0.25) is 0 Å². The van der Waals surface area contributed by atoms with Gasteiger partial charge in [-0.15, -0.1) is 0 Å². The van der Waals surface area contributed by atoms with Gasteiger partial charge < -0.3 is 15.7 Å². The number of aliphatic carboxylic acids is 1. The first-order chi connectivity index (χ1) is 9.79. The third kappa shape index (κ3) is 5.81. The second-order valence-corrected chi connectivity index (χ2v) is 5.46. The van der Waals surface area contributed by atoms with Gasteiger partial charge in [-0.05, 0) is 37.0 Å². The molecule has 0 bridgehead atoms. The van der Waals surface area contributed by atoms with Gasteiger partial charge in [-0.3, -0.25) is 4.79 Å². The molecular formula is C15H21FN2O3. The molecule has 1 atom stereocenters. The Labute approximate surface area is 123 Å². The maximum Gasteiger partial charge on any atom is 0.319 e. The minimum Gasteiger partial charge on any atom is -0.481 e. The van der Waals surface area contributed by atoms with Crippen LogP contribution < -0.4 is 10.6 Å². The van der Waals surface area contributed by atoms with Gasteiger partial charge in [0.1, 0.15) is 5.82 Å². The van der Waals surface area contributed by atoms with Crippen molar-refractivity contribution in [3.05, 3.63) is 29.6 Å². The highest BCUT2D eigenvalue weighted by molar-refractivity contribution is 5.90. The number of amides is 2. The van der Waals surface area contributed by atoms with Crippen molar-refractivity contribution in [1.82, 2.24) is 5.32 Å². The van der Waals surface area contributed by atoms with Crippen molar-refractivity contribution < 1.29 is 19.1 Å². The Kier molecular flexibility index (Phi) is 6.14. The zero-order valence-electron chi connectivity index (χ0n) is 12.4. The maximum atomic E-state index is 13.1. The molecule has 1 rings (SSSR count). The fraction of sp³-hybridized carbons (Fsp3) is 0.467. The van der Waals surface area contributed by atoms with E-state index in [2.05, 4.69) is 10.6 Å². The highest BCUT2D eigenvalue weighted by atomic mass is 19.1. The molecule has 0 fully saturated rings. The van der Waals surface area contributed by atoms with Crippen LogP contribution in [0.25, 0.3) is 0 Å². The van der Waals surface area contributed by atoms with Crippen LogP contribution in [0.1, 0.15) is 25.8 Å². The van der Waals surface area contributed by atoms with E-state index >= 15 is 0 Å². The van der Waals surface area contributed by atoms with E-state index in [-0.39, 0.29) is 12.5 Å². The van der Waals surface area contributed by atoms with Crippen molar-refractivity contribution in [3.63, 3.8) is 0 Å². The zero-order valence-corrected chi connectivity index (χ0v) is 12.4. The molecule has 1 aromatic carbocycles. The van der Waals surface area contributed by atoms with E-state index in [9.17, 15) is 14.0 Å². The summed E-state index contributed by atoms with van der Waals surface area (Å²) < 4.78 is 13.1. The molecule has 0 heterocycles. The summed E-state index contributed by atoms with van der Waals surface area (Å²) in [5, 5.41) is 14.1. The number of anilines is 1. The summed E-state index contributed by atoms with van der Waals surface area (Å²) in [5.41, 5.74) is 1.09. The molecule has 0 radical (unpaired) electrons. The van der Waals surface area contributed by atoms with Crippen LogP contribution >= 0.6 is 0 Å². The SMILES string of the molecule is Cc1ccc(F)cc1NC(=O)NCC(CC(C)C)C(=O)O. The molecule has 0 saturated carbocycles. The third-order valence-corrected chi connectivity index (χ3v) is 3.06. The monoisotopic (exact) mass is 296 g/mol. The lowest BCUT2D eigenvalue weighted by Gasteiger charge is -2.16. The van der Waals surface area contributed by atoms with Crippen LogP contribution in [0.2, 0.25) is 0 Å². The summed E-state index contributed by atoms with van der Waals surface area (Å²) in [6.45, 7) is 5.62. The summed E-state index contributed by atoms with van der Waals surface area (Å²) in [5.74, 6) is -1.80. The molecule has 116 valence electrons. The predicted octanol–water partition coefficient (Wildman–Crippen LogP) is 3.00. The van der Waals surface area contributed by atoms with Gasteiger partial charge in [-0.2, -0.15) is 0 Å². The molecule has 0 aromatic heterocycles. The number of nitrogens with one attached hydrogen (secondary N) is 2. The Morgan fingerprint density at radius 2 is 2.00 bits per heavy atom. The molecule has 3 N–H and O–H groups in total. The van der Waals surface area contributed by atoms with Crippen molar-refractivity contribution in [1.29, 1.82) is 0 Å². The number of carbonyl (C=O) groups is 2. The summed E-state index contributed by atoms with van der Waals surface area (Å²) >= 11 is 0. The average Bonchev–Trinajstić information content (AvgIpc) is 2.38. The highest BCUT2D eigenvalue weighted by Gasteiger charge is 2.19. The van der Waals surface area contributed by atoms with Crippen LogP contribution in [0.5, 0.6) is 0 Å². The summed E-state index contributed by atoms with van der Waals surface area (Å²) in [7, 11) is 0. The number of rotatable bonds is 6. The number of halogens is 1. The Bertz CT molecular complexity index is 518. The highest BCUT2D eigenvalue weighted by Crippen LogP contribution is 2.16. The summed E-state index contributed by atoms with van der Waals surface area (Å²) in [6.07, 6.45) is 0.481. The van der Waals surface area contributed by atoms with Gasteiger partial charge in [0, 0.05) is 12.2 Å². The lowest BCUT2D eigenvalue weighted by molar-refractivity contribution is -0.142. The number of carboxylic acids is 1. The van der Waals surface area contributed by atoms with E-state index in [1.807, 2.05) is 13.8 Å². The molecular weight excluding hydrogens is 275 g/mol. The van der Waals surface area contributed by atoms with Crippen LogP contribution in [0.15, 0.2) is 18.2 Å². The maximum absolute atomic E-state index is 13.1. The van der Waals surface area contributed by atoms with Crippen LogP contribution in [0.3, 0.4) is 0 Å². The predicted molar refractivity (Wildman–Crippen MR) is 78.7 cm³/mol. The largest absolute Gasteiger partial charge is 0.481 e. The molecule has 5 nitrogen and oxygen atoms in total. The van der Waals surface area contributed by atoms with E-state index in [0.717, 1.165) is 5.56 Å². The average molecular weight is 296 g/mol. The minimum absolute atomic E-state index is 0.0354. The van der Waals surface area contributed by atoms with E-state index in [4.69, 9.17) is 5.11 Å². The molecule has 6 heteroatoms. The van der Waals surface area contributed by atoms with Crippen LogP contribution in [-0.4, -0.2) is 23.7 Å². The van der Waals surface area contributed by atoms with Crippen molar-refractivity contribution in [2.45, 2.75) is 27.2 Å². The molecule has 2 amide bonds. The smallest absolute Gasteiger partial charge is 0.319 e. The molecule has 0 saturated heterocycles. The lowest BCUT2D eigenvalue weighted by atomic mass is 9.97. The molecule has 0 spiro atoms. The van der Waals surface area contributed by atoms with Gasteiger partial charge in [-0.25, -0.2) is 9.18 Å². The van der Waals surface area contributed by atoms with Crippen molar-refractivity contribution in [2.24, 2.45) is 11.8 Å². The standard InChI is InChI=1S/C15H21FN2O3/c1-9(2)6-11(14(19)20)8-17-15(21)18-13-7-12(16)5-4-10(13)3/h4-5,7,9,11H,6,8H2,1-3H3,(H,19,20)(H2,17,18,21). The quantitative estimate of drug-likeness (QED) is 0.755. The first kappa shape index (κ1) is 16.9. The van der Waals surface area contributed by atoms with Crippen LogP contribution in [-0.2, 0) is 4.79 Å². The lowest BCUT2D eigenvalue weighted by Crippen LogP contribution is -2.36. The Morgan fingerprint density at radius 3 is 2.57 bits per heavy atom.